The van der Waals surface area contributed by atoms with E-state index in [0.29, 0.717) is 12.2 Å². The molecule has 3 heteroatoms. The lowest BCUT2D eigenvalue weighted by Crippen LogP contribution is -2.38. The smallest absolute Gasteiger partial charge is 0.145 e. The van der Waals surface area contributed by atoms with Crippen LogP contribution in [0.3, 0.4) is 0 Å². The maximum atomic E-state index is 13.7. The predicted octanol–water partition coefficient (Wildman–Crippen LogP) is 2.38. The van der Waals surface area contributed by atoms with Crippen LogP contribution in [-0.2, 0) is 5.41 Å². The van der Waals surface area contributed by atoms with Gasteiger partial charge in [-0.1, -0.05) is 19.3 Å². The van der Waals surface area contributed by atoms with Gasteiger partial charge in [0.2, 0.25) is 0 Å². The fourth-order valence-corrected chi connectivity index (χ4v) is 2.54. The lowest BCUT2D eigenvalue weighted by molar-refractivity contribution is 0.283. The quantitative estimate of drug-likeness (QED) is 0.810. The van der Waals surface area contributed by atoms with Crippen LogP contribution in [0.15, 0.2) is 18.3 Å². The minimum absolute atomic E-state index is 0.204. The maximum absolute atomic E-state index is 13.7. The molecule has 0 aromatic carbocycles. The van der Waals surface area contributed by atoms with Gasteiger partial charge >= 0.3 is 0 Å². The van der Waals surface area contributed by atoms with Gasteiger partial charge in [-0.15, -0.1) is 0 Å². The molecule has 1 saturated carbocycles. The Hall–Kier alpha value is -0.960. The molecule has 1 heterocycles. The van der Waals surface area contributed by atoms with Gasteiger partial charge in [0.15, 0.2) is 0 Å². The van der Waals surface area contributed by atoms with Gasteiger partial charge in [0.05, 0.1) is 5.69 Å². The van der Waals surface area contributed by atoms with E-state index in [1.165, 1.54) is 12.5 Å². The third-order valence-corrected chi connectivity index (χ3v) is 3.46. The average molecular weight is 208 g/mol. The Morgan fingerprint density at radius 2 is 2.07 bits per heavy atom. The van der Waals surface area contributed by atoms with Crippen molar-refractivity contribution < 1.29 is 4.39 Å². The van der Waals surface area contributed by atoms with E-state index in [0.717, 1.165) is 25.7 Å². The molecule has 1 aromatic rings. The minimum Gasteiger partial charge on any atom is -0.330 e. The molecule has 82 valence electrons. The lowest BCUT2D eigenvalue weighted by Gasteiger charge is -2.35. The summed E-state index contributed by atoms with van der Waals surface area (Å²) in [5.41, 5.74) is 6.20. The number of hydrogen-bond acceptors (Lipinski definition) is 2. The van der Waals surface area contributed by atoms with Gasteiger partial charge in [-0.25, -0.2) is 4.39 Å². The van der Waals surface area contributed by atoms with Crippen molar-refractivity contribution in [2.75, 3.05) is 6.54 Å². The first-order valence-electron chi connectivity index (χ1n) is 5.60. The largest absolute Gasteiger partial charge is 0.330 e. The monoisotopic (exact) mass is 208 g/mol. The standard InChI is InChI=1S/C12H17FN2/c13-10-5-4-8-15-11(10)12(9-14)6-2-1-3-7-12/h4-5,8H,1-3,6-7,9,14H2. The van der Waals surface area contributed by atoms with Gasteiger partial charge in [-0.3, -0.25) is 4.98 Å². The summed E-state index contributed by atoms with van der Waals surface area (Å²) in [5.74, 6) is -0.204. The van der Waals surface area contributed by atoms with Crippen molar-refractivity contribution in [3.63, 3.8) is 0 Å². The molecule has 2 rings (SSSR count). The minimum atomic E-state index is -0.205. The second kappa shape index (κ2) is 4.27. The second-order valence-electron chi connectivity index (χ2n) is 4.38. The van der Waals surface area contributed by atoms with Crippen LogP contribution in [0.25, 0.3) is 0 Å². The molecule has 0 unspecified atom stereocenters. The topological polar surface area (TPSA) is 38.9 Å². The zero-order valence-electron chi connectivity index (χ0n) is 8.88. The summed E-state index contributed by atoms with van der Waals surface area (Å²) in [7, 11) is 0. The summed E-state index contributed by atoms with van der Waals surface area (Å²) in [6.45, 7) is 0.501. The maximum Gasteiger partial charge on any atom is 0.145 e. The summed E-state index contributed by atoms with van der Waals surface area (Å²) < 4.78 is 13.7. The molecule has 1 aliphatic rings. The average Bonchev–Trinajstić information content (AvgIpc) is 2.30. The Labute approximate surface area is 89.7 Å². The van der Waals surface area contributed by atoms with Crippen LogP contribution in [0.4, 0.5) is 4.39 Å². The van der Waals surface area contributed by atoms with E-state index in [1.54, 1.807) is 12.3 Å². The van der Waals surface area contributed by atoms with E-state index in [4.69, 9.17) is 5.73 Å². The van der Waals surface area contributed by atoms with Gasteiger partial charge < -0.3 is 5.73 Å². The van der Waals surface area contributed by atoms with Crippen molar-refractivity contribution >= 4 is 0 Å². The van der Waals surface area contributed by atoms with Crippen molar-refractivity contribution in [1.82, 2.24) is 4.98 Å². The van der Waals surface area contributed by atoms with E-state index < -0.39 is 0 Å². The van der Waals surface area contributed by atoms with Crippen molar-refractivity contribution in [2.45, 2.75) is 37.5 Å². The van der Waals surface area contributed by atoms with Crippen molar-refractivity contribution in [3.8, 4) is 0 Å². The van der Waals surface area contributed by atoms with Gasteiger partial charge in [0.25, 0.3) is 0 Å². The highest BCUT2D eigenvalue weighted by Gasteiger charge is 2.35. The molecule has 0 atom stereocenters. The van der Waals surface area contributed by atoms with Gasteiger partial charge in [0, 0.05) is 18.2 Å². The zero-order valence-corrected chi connectivity index (χ0v) is 8.88. The van der Waals surface area contributed by atoms with E-state index in [2.05, 4.69) is 4.98 Å². The number of halogens is 1. The molecule has 0 bridgehead atoms. The highest BCUT2D eigenvalue weighted by atomic mass is 19.1. The van der Waals surface area contributed by atoms with Crippen molar-refractivity contribution in [3.05, 3.63) is 29.8 Å². The van der Waals surface area contributed by atoms with Crippen LogP contribution < -0.4 is 5.73 Å². The number of hydrogen-bond donors (Lipinski definition) is 1. The molecule has 15 heavy (non-hydrogen) atoms. The van der Waals surface area contributed by atoms with E-state index in [-0.39, 0.29) is 11.2 Å². The molecule has 0 aliphatic heterocycles. The summed E-state index contributed by atoms with van der Waals surface area (Å²) in [4.78, 5) is 4.19. The van der Waals surface area contributed by atoms with Crippen molar-refractivity contribution in [2.24, 2.45) is 5.73 Å². The molecule has 0 radical (unpaired) electrons. The first-order valence-corrected chi connectivity index (χ1v) is 5.60. The molecule has 2 N–H and O–H groups in total. The van der Waals surface area contributed by atoms with Gasteiger partial charge in [0.1, 0.15) is 5.82 Å². The van der Waals surface area contributed by atoms with Gasteiger partial charge in [-0.2, -0.15) is 0 Å². The zero-order chi connectivity index (χ0) is 10.7. The second-order valence-corrected chi connectivity index (χ2v) is 4.38. The molecule has 0 spiro atoms. The Morgan fingerprint density at radius 1 is 1.33 bits per heavy atom. The number of rotatable bonds is 2. The normalized spacial score (nSPS) is 20.1. The number of nitrogens with two attached hydrogens (primary N) is 1. The molecule has 1 fully saturated rings. The summed E-state index contributed by atoms with van der Waals surface area (Å²) >= 11 is 0. The third kappa shape index (κ3) is 1.88. The fraction of sp³-hybridized carbons (Fsp3) is 0.583. The first kappa shape index (κ1) is 10.6. The Kier molecular flexibility index (Phi) is 3.00. The molecular formula is C12H17FN2. The fourth-order valence-electron chi connectivity index (χ4n) is 2.54. The van der Waals surface area contributed by atoms with Crippen LogP contribution in [0.2, 0.25) is 0 Å². The summed E-state index contributed by atoms with van der Waals surface area (Å²) in [5, 5.41) is 0. The Bertz CT molecular complexity index is 332. The highest BCUT2D eigenvalue weighted by Crippen LogP contribution is 2.38. The third-order valence-electron chi connectivity index (χ3n) is 3.46. The van der Waals surface area contributed by atoms with E-state index >= 15 is 0 Å². The molecule has 1 aliphatic carbocycles. The van der Waals surface area contributed by atoms with Crippen LogP contribution in [0, 0.1) is 5.82 Å². The molecule has 2 nitrogen and oxygen atoms in total. The molecule has 1 aromatic heterocycles. The lowest BCUT2D eigenvalue weighted by atomic mass is 9.71. The Balaban J connectivity index is 2.36. The van der Waals surface area contributed by atoms with Gasteiger partial charge in [-0.05, 0) is 25.0 Å². The highest BCUT2D eigenvalue weighted by molar-refractivity contribution is 5.20. The van der Waals surface area contributed by atoms with Crippen molar-refractivity contribution in [1.29, 1.82) is 0 Å². The van der Waals surface area contributed by atoms with Crippen LogP contribution in [0.5, 0.6) is 0 Å². The first-order chi connectivity index (χ1) is 7.28. The van der Waals surface area contributed by atoms with E-state index in [1.807, 2.05) is 0 Å². The summed E-state index contributed by atoms with van der Waals surface area (Å²) in [6.07, 6.45) is 7.09. The molecular weight excluding hydrogens is 191 g/mol. The number of pyridine rings is 1. The van der Waals surface area contributed by atoms with E-state index in [9.17, 15) is 4.39 Å². The summed E-state index contributed by atoms with van der Waals surface area (Å²) in [6, 6.07) is 3.11. The Morgan fingerprint density at radius 3 is 2.67 bits per heavy atom. The molecule has 0 saturated heterocycles. The van der Waals surface area contributed by atoms with Crippen LogP contribution in [0.1, 0.15) is 37.8 Å². The number of nitrogens with zero attached hydrogens (tertiary/aromatic N) is 1. The van der Waals surface area contributed by atoms with Crippen LogP contribution in [-0.4, -0.2) is 11.5 Å². The van der Waals surface area contributed by atoms with Crippen LogP contribution >= 0.6 is 0 Å². The predicted molar refractivity (Wildman–Crippen MR) is 58.0 cm³/mol. The SMILES string of the molecule is NCC1(c2ncccc2F)CCCCC1. The number of aromatic nitrogens is 1. The molecule has 0 amide bonds.